The van der Waals surface area contributed by atoms with Gasteiger partial charge in [0.15, 0.2) is 0 Å². The van der Waals surface area contributed by atoms with Crippen LogP contribution in [-0.4, -0.2) is 27.8 Å². The van der Waals surface area contributed by atoms with Crippen molar-refractivity contribution in [3.05, 3.63) is 52.5 Å². The van der Waals surface area contributed by atoms with E-state index in [-0.39, 0.29) is 11.4 Å². The topological polar surface area (TPSA) is 110 Å². The predicted octanol–water partition coefficient (Wildman–Crippen LogP) is 1.68. The molecule has 1 heterocycles. The van der Waals surface area contributed by atoms with Gasteiger partial charge in [-0.3, -0.25) is 19.9 Å². The van der Waals surface area contributed by atoms with Crippen LogP contribution >= 0.6 is 0 Å². The maximum absolute atomic E-state index is 12.0. The van der Waals surface area contributed by atoms with Crippen molar-refractivity contribution < 1.29 is 9.72 Å². The van der Waals surface area contributed by atoms with Crippen molar-refractivity contribution in [3.8, 4) is 0 Å². The second-order valence-electron chi connectivity index (χ2n) is 3.80. The van der Waals surface area contributed by atoms with Crippen LogP contribution in [0.3, 0.4) is 0 Å². The van der Waals surface area contributed by atoms with Gasteiger partial charge in [0.25, 0.3) is 11.6 Å². The van der Waals surface area contributed by atoms with Gasteiger partial charge in [0.05, 0.1) is 17.3 Å². The van der Waals surface area contributed by atoms with Crippen LogP contribution in [0.2, 0.25) is 0 Å². The first-order valence-electron chi connectivity index (χ1n) is 5.66. The van der Waals surface area contributed by atoms with Gasteiger partial charge in [-0.05, 0) is 6.07 Å². The van der Waals surface area contributed by atoms with Crippen molar-refractivity contribution in [1.29, 1.82) is 0 Å². The Morgan fingerprint density at radius 2 is 2.15 bits per heavy atom. The van der Waals surface area contributed by atoms with E-state index in [0.717, 1.165) is 0 Å². The Balaban J connectivity index is 2.18. The van der Waals surface area contributed by atoms with Crippen LogP contribution in [-0.2, 0) is 0 Å². The van der Waals surface area contributed by atoms with E-state index in [0.29, 0.717) is 11.5 Å². The lowest BCUT2D eigenvalue weighted by molar-refractivity contribution is -0.384. The van der Waals surface area contributed by atoms with Gasteiger partial charge in [0.1, 0.15) is 11.5 Å². The number of nitro groups is 1. The van der Waals surface area contributed by atoms with Gasteiger partial charge in [-0.25, -0.2) is 4.98 Å². The van der Waals surface area contributed by atoms with Gasteiger partial charge in [0, 0.05) is 24.9 Å². The Morgan fingerprint density at radius 1 is 1.35 bits per heavy atom. The lowest BCUT2D eigenvalue weighted by Gasteiger charge is -2.05. The quantitative estimate of drug-likeness (QED) is 0.647. The highest BCUT2D eigenvalue weighted by atomic mass is 16.6. The monoisotopic (exact) mass is 273 g/mol. The summed E-state index contributed by atoms with van der Waals surface area (Å²) in [5.41, 5.74) is 0.335. The summed E-state index contributed by atoms with van der Waals surface area (Å²) < 4.78 is 0. The predicted molar refractivity (Wildman–Crippen MR) is 72.6 cm³/mol. The molecule has 1 aromatic heterocycles. The molecule has 8 nitrogen and oxygen atoms in total. The molecule has 0 bridgehead atoms. The molecular weight excluding hydrogens is 262 g/mol. The van der Waals surface area contributed by atoms with Gasteiger partial charge in [-0.1, -0.05) is 6.07 Å². The van der Waals surface area contributed by atoms with Crippen LogP contribution in [0.5, 0.6) is 0 Å². The maximum atomic E-state index is 12.0. The zero-order valence-corrected chi connectivity index (χ0v) is 10.5. The third-order valence-corrected chi connectivity index (χ3v) is 2.44. The smallest absolute Gasteiger partial charge is 0.275 e. The fraction of sp³-hybridized carbons (Fsp3) is 0.0833. The standard InChI is InChI=1S/C12H11N5O3/c1-13-11-7-14-6-10(16-11)12(18)15-8-3-2-4-9(5-8)17(19)20/h2-7H,1H3,(H,13,16)(H,15,18). The highest BCUT2D eigenvalue weighted by molar-refractivity contribution is 6.03. The number of nitro benzene ring substituents is 1. The van der Waals surface area contributed by atoms with Crippen molar-refractivity contribution in [2.24, 2.45) is 0 Å². The van der Waals surface area contributed by atoms with Crippen LogP contribution in [0, 0.1) is 10.1 Å². The van der Waals surface area contributed by atoms with Crippen molar-refractivity contribution in [2.45, 2.75) is 0 Å². The Labute approximate surface area is 114 Å². The Bertz CT molecular complexity index is 659. The van der Waals surface area contributed by atoms with E-state index in [9.17, 15) is 14.9 Å². The Kier molecular flexibility index (Phi) is 3.85. The van der Waals surface area contributed by atoms with Crippen molar-refractivity contribution >= 4 is 23.1 Å². The summed E-state index contributed by atoms with van der Waals surface area (Å²) in [6.07, 6.45) is 2.79. The lowest BCUT2D eigenvalue weighted by Crippen LogP contribution is -2.14. The van der Waals surface area contributed by atoms with Gasteiger partial charge < -0.3 is 10.6 Å². The molecule has 0 atom stereocenters. The first kappa shape index (κ1) is 13.4. The van der Waals surface area contributed by atoms with Crippen LogP contribution in [0.25, 0.3) is 0 Å². The Hall–Kier alpha value is -3.03. The molecule has 2 aromatic rings. The zero-order chi connectivity index (χ0) is 14.5. The number of benzene rings is 1. The third-order valence-electron chi connectivity index (χ3n) is 2.44. The maximum Gasteiger partial charge on any atom is 0.275 e. The van der Waals surface area contributed by atoms with Gasteiger partial charge in [0.2, 0.25) is 0 Å². The minimum Gasteiger partial charge on any atom is -0.372 e. The number of amides is 1. The minimum atomic E-state index is -0.531. The molecule has 0 spiro atoms. The van der Waals surface area contributed by atoms with E-state index < -0.39 is 10.8 Å². The molecule has 0 aliphatic heterocycles. The largest absolute Gasteiger partial charge is 0.372 e. The number of nitrogens with one attached hydrogen (secondary N) is 2. The van der Waals surface area contributed by atoms with Crippen LogP contribution in [0.1, 0.15) is 10.5 Å². The SMILES string of the molecule is CNc1cncc(C(=O)Nc2cccc([N+](=O)[O-])c2)n1. The van der Waals surface area contributed by atoms with Crippen molar-refractivity contribution in [3.63, 3.8) is 0 Å². The number of carbonyl (C=O) groups is 1. The first-order valence-corrected chi connectivity index (χ1v) is 5.66. The molecule has 2 N–H and O–H groups in total. The number of carbonyl (C=O) groups excluding carboxylic acids is 1. The molecule has 0 fully saturated rings. The fourth-order valence-electron chi connectivity index (χ4n) is 1.49. The molecule has 0 aliphatic rings. The molecule has 0 radical (unpaired) electrons. The van der Waals surface area contributed by atoms with E-state index in [1.807, 2.05) is 0 Å². The van der Waals surface area contributed by atoms with Gasteiger partial charge in [-0.2, -0.15) is 0 Å². The molecule has 0 saturated carbocycles. The summed E-state index contributed by atoms with van der Waals surface area (Å²) in [4.78, 5) is 30.0. The highest BCUT2D eigenvalue weighted by Crippen LogP contribution is 2.17. The summed E-state index contributed by atoms with van der Waals surface area (Å²) in [5, 5.41) is 16.0. The number of non-ortho nitro benzene ring substituents is 1. The third kappa shape index (κ3) is 3.05. The molecule has 0 saturated heterocycles. The molecular formula is C12H11N5O3. The normalized spacial score (nSPS) is 9.85. The number of hydrogen-bond acceptors (Lipinski definition) is 6. The molecule has 0 unspecified atom stereocenters. The summed E-state index contributed by atoms with van der Waals surface area (Å²) in [7, 11) is 1.66. The molecule has 8 heteroatoms. The number of nitrogens with zero attached hydrogens (tertiary/aromatic N) is 3. The van der Waals surface area contributed by atoms with Crippen molar-refractivity contribution in [1.82, 2.24) is 9.97 Å². The average Bonchev–Trinajstić information content (AvgIpc) is 2.47. The molecule has 0 aliphatic carbocycles. The van der Waals surface area contributed by atoms with Crippen LogP contribution < -0.4 is 10.6 Å². The lowest BCUT2D eigenvalue weighted by atomic mass is 10.2. The van der Waals surface area contributed by atoms with Gasteiger partial charge in [-0.15, -0.1) is 0 Å². The van der Waals surface area contributed by atoms with Gasteiger partial charge >= 0.3 is 0 Å². The number of anilines is 2. The minimum absolute atomic E-state index is 0.0992. The molecule has 102 valence electrons. The van der Waals surface area contributed by atoms with Crippen LogP contribution in [0.4, 0.5) is 17.2 Å². The summed E-state index contributed by atoms with van der Waals surface area (Å²) in [6.45, 7) is 0. The number of aromatic nitrogens is 2. The summed E-state index contributed by atoms with van der Waals surface area (Å²) in [6, 6.07) is 5.66. The van der Waals surface area contributed by atoms with E-state index in [1.165, 1.54) is 30.6 Å². The van der Waals surface area contributed by atoms with E-state index in [4.69, 9.17) is 0 Å². The van der Waals surface area contributed by atoms with Crippen LogP contribution in [0.15, 0.2) is 36.7 Å². The second-order valence-corrected chi connectivity index (χ2v) is 3.80. The Morgan fingerprint density at radius 3 is 2.85 bits per heavy atom. The second kappa shape index (κ2) is 5.74. The summed E-state index contributed by atoms with van der Waals surface area (Å²) in [5.74, 6) is -0.0354. The first-order chi connectivity index (χ1) is 9.60. The zero-order valence-electron chi connectivity index (χ0n) is 10.5. The fourth-order valence-corrected chi connectivity index (χ4v) is 1.49. The van der Waals surface area contributed by atoms with E-state index in [2.05, 4.69) is 20.6 Å². The highest BCUT2D eigenvalue weighted by Gasteiger charge is 2.11. The molecule has 1 aromatic carbocycles. The molecule has 20 heavy (non-hydrogen) atoms. The summed E-state index contributed by atoms with van der Waals surface area (Å²) >= 11 is 0. The molecule has 1 amide bonds. The number of rotatable bonds is 4. The van der Waals surface area contributed by atoms with E-state index in [1.54, 1.807) is 13.1 Å². The van der Waals surface area contributed by atoms with E-state index >= 15 is 0 Å². The average molecular weight is 273 g/mol. The molecule has 2 rings (SSSR count). The number of hydrogen-bond donors (Lipinski definition) is 2. The van der Waals surface area contributed by atoms with Crippen molar-refractivity contribution in [2.75, 3.05) is 17.7 Å².